The summed E-state index contributed by atoms with van der Waals surface area (Å²) in [5.41, 5.74) is -1.48. The van der Waals surface area contributed by atoms with Gasteiger partial charge in [0.15, 0.2) is 0 Å². The van der Waals surface area contributed by atoms with Crippen LogP contribution in [0.25, 0.3) is 11.3 Å². The van der Waals surface area contributed by atoms with E-state index < -0.39 is 23.3 Å². The molecule has 17 heavy (non-hydrogen) atoms. The zero-order chi connectivity index (χ0) is 12.5. The molecule has 0 bridgehead atoms. The molecule has 0 fully saturated rings. The van der Waals surface area contributed by atoms with Crippen LogP contribution in [0.3, 0.4) is 0 Å². The molecule has 0 atom stereocenters. The van der Waals surface area contributed by atoms with Gasteiger partial charge in [-0.3, -0.25) is 4.98 Å². The molecule has 1 nitrogen and oxygen atoms in total. The second kappa shape index (κ2) is 4.16. The lowest BCUT2D eigenvalue weighted by Crippen LogP contribution is -2.11. The van der Waals surface area contributed by atoms with E-state index in [1.54, 1.807) is 18.2 Å². The number of aromatic nitrogens is 1. The van der Waals surface area contributed by atoms with Crippen molar-refractivity contribution in [3.63, 3.8) is 0 Å². The minimum Gasteiger partial charge on any atom is -0.255 e. The lowest BCUT2D eigenvalue weighted by atomic mass is 10.1. The maximum Gasteiger partial charge on any atom is 0.421 e. The van der Waals surface area contributed by atoms with E-state index in [0.29, 0.717) is 6.07 Å². The SMILES string of the molecule is Fc1ccnc(-c2ccccc2)c1C(F)(F)F. The highest BCUT2D eigenvalue weighted by molar-refractivity contribution is 5.63. The normalized spacial score (nSPS) is 11.5. The van der Waals surface area contributed by atoms with Gasteiger partial charge in [0.2, 0.25) is 0 Å². The van der Waals surface area contributed by atoms with Crippen molar-refractivity contribution in [1.82, 2.24) is 4.98 Å². The molecule has 1 aromatic heterocycles. The molecule has 0 amide bonds. The van der Waals surface area contributed by atoms with E-state index >= 15 is 0 Å². The predicted octanol–water partition coefficient (Wildman–Crippen LogP) is 3.91. The highest BCUT2D eigenvalue weighted by Crippen LogP contribution is 2.37. The Labute approximate surface area is 94.7 Å². The summed E-state index contributed by atoms with van der Waals surface area (Å²) in [6.45, 7) is 0. The van der Waals surface area contributed by atoms with Gasteiger partial charge in [-0.25, -0.2) is 4.39 Å². The van der Waals surface area contributed by atoms with Crippen molar-refractivity contribution in [2.24, 2.45) is 0 Å². The Bertz CT molecular complexity index is 520. The maximum atomic E-state index is 13.3. The van der Waals surface area contributed by atoms with Gasteiger partial charge < -0.3 is 0 Å². The Morgan fingerprint density at radius 1 is 0.941 bits per heavy atom. The van der Waals surface area contributed by atoms with Crippen LogP contribution in [-0.2, 0) is 6.18 Å². The Kier molecular flexibility index (Phi) is 2.83. The molecular formula is C12H7F4N. The van der Waals surface area contributed by atoms with Crippen LogP contribution in [0.1, 0.15) is 5.56 Å². The molecule has 0 N–H and O–H groups in total. The summed E-state index contributed by atoms with van der Waals surface area (Å²) in [6.07, 6.45) is -3.74. The molecule has 0 aliphatic rings. The highest BCUT2D eigenvalue weighted by atomic mass is 19.4. The maximum absolute atomic E-state index is 13.3. The molecule has 1 aromatic carbocycles. The second-order valence-electron chi connectivity index (χ2n) is 3.38. The van der Waals surface area contributed by atoms with E-state index in [1.165, 1.54) is 12.1 Å². The molecular weight excluding hydrogens is 234 g/mol. The Morgan fingerprint density at radius 2 is 1.59 bits per heavy atom. The van der Waals surface area contributed by atoms with E-state index in [2.05, 4.69) is 4.98 Å². The van der Waals surface area contributed by atoms with E-state index in [9.17, 15) is 17.6 Å². The number of alkyl halides is 3. The molecule has 5 heteroatoms. The summed E-state index contributed by atoms with van der Waals surface area (Å²) in [4.78, 5) is 3.62. The summed E-state index contributed by atoms with van der Waals surface area (Å²) in [5.74, 6) is -1.31. The molecule has 0 unspecified atom stereocenters. The van der Waals surface area contributed by atoms with Crippen LogP contribution >= 0.6 is 0 Å². The zero-order valence-corrected chi connectivity index (χ0v) is 8.50. The van der Waals surface area contributed by atoms with Crippen LogP contribution in [0.4, 0.5) is 17.6 Å². The van der Waals surface area contributed by atoms with Crippen molar-refractivity contribution in [3.05, 3.63) is 54.0 Å². The van der Waals surface area contributed by atoms with Crippen LogP contribution in [-0.4, -0.2) is 4.98 Å². The van der Waals surface area contributed by atoms with E-state index in [1.807, 2.05) is 0 Å². The van der Waals surface area contributed by atoms with E-state index in [-0.39, 0.29) is 5.56 Å². The number of pyridine rings is 1. The first kappa shape index (κ1) is 11.6. The topological polar surface area (TPSA) is 12.9 Å². The summed E-state index contributed by atoms with van der Waals surface area (Å²) in [6, 6.07) is 8.42. The van der Waals surface area contributed by atoms with Crippen LogP contribution in [0, 0.1) is 5.82 Å². The van der Waals surface area contributed by atoms with Gasteiger partial charge in [0.25, 0.3) is 0 Å². The largest absolute Gasteiger partial charge is 0.421 e. The van der Waals surface area contributed by atoms with Gasteiger partial charge in [-0.2, -0.15) is 13.2 Å². The first-order chi connectivity index (χ1) is 8.00. The molecule has 2 rings (SSSR count). The average Bonchev–Trinajstić information content (AvgIpc) is 2.28. The van der Waals surface area contributed by atoms with Crippen LogP contribution in [0.5, 0.6) is 0 Å². The first-order valence-electron chi connectivity index (χ1n) is 4.77. The number of hydrogen-bond acceptors (Lipinski definition) is 1. The molecule has 1 heterocycles. The Balaban J connectivity index is 2.67. The van der Waals surface area contributed by atoms with Gasteiger partial charge in [-0.1, -0.05) is 30.3 Å². The summed E-state index contributed by atoms with van der Waals surface area (Å²) in [5, 5.41) is 0. The number of benzene rings is 1. The molecule has 0 radical (unpaired) electrons. The van der Waals surface area contributed by atoms with Crippen LogP contribution in [0.2, 0.25) is 0 Å². The fourth-order valence-corrected chi connectivity index (χ4v) is 1.52. The van der Waals surface area contributed by atoms with Gasteiger partial charge in [0.05, 0.1) is 5.69 Å². The standard InChI is InChI=1S/C12H7F4N/c13-9-6-7-17-11(10(9)12(14,15)16)8-4-2-1-3-5-8/h1-7H. The van der Waals surface area contributed by atoms with E-state index in [4.69, 9.17) is 0 Å². The minimum atomic E-state index is -4.76. The number of halogens is 4. The Morgan fingerprint density at radius 3 is 2.18 bits per heavy atom. The van der Waals surface area contributed by atoms with Crippen LogP contribution < -0.4 is 0 Å². The fourth-order valence-electron chi connectivity index (χ4n) is 1.52. The number of hydrogen-bond donors (Lipinski definition) is 0. The minimum absolute atomic E-state index is 0.235. The van der Waals surface area contributed by atoms with Gasteiger partial charge >= 0.3 is 6.18 Å². The molecule has 88 valence electrons. The third-order valence-electron chi connectivity index (χ3n) is 2.23. The van der Waals surface area contributed by atoms with Gasteiger partial charge in [-0.05, 0) is 6.07 Å². The first-order valence-corrected chi connectivity index (χ1v) is 4.77. The van der Waals surface area contributed by atoms with Crippen molar-refractivity contribution in [2.45, 2.75) is 6.18 Å². The molecule has 2 aromatic rings. The quantitative estimate of drug-likeness (QED) is 0.690. The average molecular weight is 241 g/mol. The molecule has 0 saturated carbocycles. The molecule has 0 spiro atoms. The monoisotopic (exact) mass is 241 g/mol. The van der Waals surface area contributed by atoms with Gasteiger partial charge in [0, 0.05) is 11.8 Å². The lowest BCUT2D eigenvalue weighted by Gasteiger charge is -2.12. The molecule has 0 saturated heterocycles. The van der Waals surface area contributed by atoms with Crippen LogP contribution in [0.15, 0.2) is 42.6 Å². The second-order valence-corrected chi connectivity index (χ2v) is 3.38. The summed E-state index contributed by atoms with van der Waals surface area (Å²) >= 11 is 0. The van der Waals surface area contributed by atoms with E-state index in [0.717, 1.165) is 6.20 Å². The number of rotatable bonds is 1. The predicted molar refractivity (Wildman–Crippen MR) is 54.6 cm³/mol. The molecule has 0 aliphatic heterocycles. The zero-order valence-electron chi connectivity index (χ0n) is 8.50. The van der Waals surface area contributed by atoms with Crippen molar-refractivity contribution in [2.75, 3.05) is 0 Å². The highest BCUT2D eigenvalue weighted by Gasteiger charge is 2.37. The van der Waals surface area contributed by atoms with Crippen molar-refractivity contribution in [1.29, 1.82) is 0 Å². The third-order valence-corrected chi connectivity index (χ3v) is 2.23. The van der Waals surface area contributed by atoms with Gasteiger partial charge in [-0.15, -0.1) is 0 Å². The smallest absolute Gasteiger partial charge is 0.255 e. The number of nitrogens with zero attached hydrogens (tertiary/aromatic N) is 1. The fraction of sp³-hybridized carbons (Fsp3) is 0.0833. The Hall–Kier alpha value is -1.91. The summed E-state index contributed by atoms with van der Waals surface area (Å²) < 4.78 is 51.4. The van der Waals surface area contributed by atoms with Gasteiger partial charge in [0.1, 0.15) is 11.4 Å². The lowest BCUT2D eigenvalue weighted by molar-refractivity contribution is -0.139. The summed E-state index contributed by atoms with van der Waals surface area (Å²) in [7, 11) is 0. The van der Waals surface area contributed by atoms with Crippen molar-refractivity contribution in [3.8, 4) is 11.3 Å². The third kappa shape index (κ3) is 2.27. The van der Waals surface area contributed by atoms with Crippen molar-refractivity contribution < 1.29 is 17.6 Å². The van der Waals surface area contributed by atoms with Crippen molar-refractivity contribution >= 4 is 0 Å². The molecule has 0 aliphatic carbocycles.